The molecule has 0 aromatic carbocycles. The molecule has 3 atom stereocenters. The van der Waals surface area contributed by atoms with Crippen LogP contribution in [0.1, 0.15) is 116 Å². The standard InChI is InChI=1S/C25H44O3/c26-19-20-17-23(27-21-11-5-3-6-12-21)24(28-22-13-7-4-8-14-22)25(18-20)15-9-1-2-10-16-25/h20-24,26H,1-19H2. The first-order valence-corrected chi connectivity index (χ1v) is 12.7. The fourth-order valence-electron chi connectivity index (χ4n) is 6.90. The Labute approximate surface area is 172 Å². The number of rotatable bonds is 5. The van der Waals surface area contributed by atoms with Crippen molar-refractivity contribution in [3.8, 4) is 0 Å². The summed E-state index contributed by atoms with van der Waals surface area (Å²) in [5, 5.41) is 10.1. The molecule has 162 valence electrons. The molecule has 0 aromatic heterocycles. The molecule has 4 fully saturated rings. The van der Waals surface area contributed by atoms with Crippen LogP contribution >= 0.6 is 0 Å². The van der Waals surface area contributed by atoms with E-state index in [1.54, 1.807) is 0 Å². The summed E-state index contributed by atoms with van der Waals surface area (Å²) in [5.41, 5.74) is 0.249. The van der Waals surface area contributed by atoms with E-state index >= 15 is 0 Å². The molecule has 3 unspecified atom stereocenters. The quantitative estimate of drug-likeness (QED) is 0.608. The summed E-state index contributed by atoms with van der Waals surface area (Å²) in [7, 11) is 0. The van der Waals surface area contributed by atoms with Gasteiger partial charge < -0.3 is 14.6 Å². The largest absolute Gasteiger partial charge is 0.396 e. The highest BCUT2D eigenvalue weighted by atomic mass is 16.6. The van der Waals surface area contributed by atoms with Crippen LogP contribution in [-0.4, -0.2) is 36.1 Å². The fraction of sp³-hybridized carbons (Fsp3) is 1.00. The van der Waals surface area contributed by atoms with Crippen LogP contribution in [0.5, 0.6) is 0 Å². The van der Waals surface area contributed by atoms with Gasteiger partial charge in [0.15, 0.2) is 0 Å². The molecule has 4 aliphatic carbocycles. The Morgan fingerprint density at radius 3 is 1.79 bits per heavy atom. The lowest BCUT2D eigenvalue weighted by Gasteiger charge is -2.52. The van der Waals surface area contributed by atoms with Crippen molar-refractivity contribution < 1.29 is 14.6 Å². The lowest BCUT2D eigenvalue weighted by atomic mass is 9.62. The van der Waals surface area contributed by atoms with Gasteiger partial charge in [0, 0.05) is 6.61 Å². The van der Waals surface area contributed by atoms with Crippen molar-refractivity contribution >= 4 is 0 Å². The summed E-state index contributed by atoms with van der Waals surface area (Å²) in [6.07, 6.45) is 24.5. The van der Waals surface area contributed by atoms with Gasteiger partial charge in [-0.1, -0.05) is 64.2 Å². The zero-order valence-corrected chi connectivity index (χ0v) is 18.1. The third-order valence-corrected chi connectivity index (χ3v) is 8.37. The van der Waals surface area contributed by atoms with E-state index in [9.17, 15) is 5.11 Å². The highest BCUT2D eigenvalue weighted by Gasteiger charge is 2.51. The molecule has 0 heterocycles. The van der Waals surface area contributed by atoms with E-state index in [-0.39, 0.29) is 17.6 Å². The molecule has 1 N–H and O–H groups in total. The van der Waals surface area contributed by atoms with E-state index in [0.717, 1.165) is 12.8 Å². The van der Waals surface area contributed by atoms with Crippen molar-refractivity contribution in [1.82, 2.24) is 0 Å². The topological polar surface area (TPSA) is 38.7 Å². The molecule has 4 aliphatic rings. The normalized spacial score (nSPS) is 35.7. The maximum absolute atomic E-state index is 10.1. The Morgan fingerprint density at radius 2 is 1.21 bits per heavy atom. The maximum Gasteiger partial charge on any atom is 0.0896 e. The van der Waals surface area contributed by atoms with Gasteiger partial charge in [-0.15, -0.1) is 0 Å². The van der Waals surface area contributed by atoms with E-state index in [0.29, 0.717) is 24.7 Å². The molecule has 0 aromatic rings. The number of aliphatic hydroxyl groups excluding tert-OH is 1. The van der Waals surface area contributed by atoms with Crippen LogP contribution in [0.3, 0.4) is 0 Å². The first-order valence-electron chi connectivity index (χ1n) is 12.7. The van der Waals surface area contributed by atoms with Gasteiger partial charge in [-0.05, 0) is 62.7 Å². The average Bonchev–Trinajstić information content (AvgIpc) is 2.98. The monoisotopic (exact) mass is 392 g/mol. The summed E-state index contributed by atoms with van der Waals surface area (Å²) >= 11 is 0. The van der Waals surface area contributed by atoms with E-state index in [4.69, 9.17) is 9.47 Å². The second kappa shape index (κ2) is 10.3. The Kier molecular flexibility index (Phi) is 7.74. The predicted octanol–water partition coefficient (Wildman–Crippen LogP) is 6.17. The minimum absolute atomic E-state index is 0.203. The van der Waals surface area contributed by atoms with Gasteiger partial charge in [-0.25, -0.2) is 0 Å². The third kappa shape index (κ3) is 5.13. The fourth-order valence-corrected chi connectivity index (χ4v) is 6.90. The van der Waals surface area contributed by atoms with Crippen LogP contribution in [0.4, 0.5) is 0 Å². The van der Waals surface area contributed by atoms with E-state index in [1.165, 1.54) is 103 Å². The van der Waals surface area contributed by atoms with E-state index < -0.39 is 0 Å². The van der Waals surface area contributed by atoms with Crippen LogP contribution in [0.2, 0.25) is 0 Å². The van der Waals surface area contributed by atoms with Gasteiger partial charge in [0.25, 0.3) is 0 Å². The summed E-state index contributed by atoms with van der Waals surface area (Å²) in [5.74, 6) is 0.401. The second-order valence-corrected chi connectivity index (χ2v) is 10.5. The zero-order valence-electron chi connectivity index (χ0n) is 18.1. The summed E-state index contributed by atoms with van der Waals surface area (Å²) < 4.78 is 13.9. The molecule has 3 heteroatoms. The van der Waals surface area contributed by atoms with Crippen molar-refractivity contribution in [3.63, 3.8) is 0 Å². The number of aliphatic hydroxyl groups is 1. The van der Waals surface area contributed by atoms with Gasteiger partial charge in [-0.3, -0.25) is 0 Å². The second-order valence-electron chi connectivity index (χ2n) is 10.5. The van der Waals surface area contributed by atoms with Gasteiger partial charge >= 0.3 is 0 Å². The molecular weight excluding hydrogens is 348 g/mol. The summed E-state index contributed by atoms with van der Waals surface area (Å²) in [6.45, 7) is 0.322. The first-order chi connectivity index (χ1) is 13.8. The first kappa shape index (κ1) is 21.1. The SMILES string of the molecule is OCC1CC(OC2CCCCC2)C(OC2CCCCC2)C2(CCCCCC2)C1. The van der Waals surface area contributed by atoms with Crippen molar-refractivity contribution in [1.29, 1.82) is 0 Å². The lowest BCUT2D eigenvalue weighted by Crippen LogP contribution is -2.54. The molecule has 1 spiro atoms. The van der Waals surface area contributed by atoms with Crippen LogP contribution in [0, 0.1) is 11.3 Å². The summed E-state index contributed by atoms with van der Waals surface area (Å²) in [6, 6.07) is 0. The number of hydrogen-bond donors (Lipinski definition) is 1. The van der Waals surface area contributed by atoms with Crippen LogP contribution in [0.25, 0.3) is 0 Å². The predicted molar refractivity (Wildman–Crippen MR) is 113 cm³/mol. The molecule has 0 aliphatic heterocycles. The smallest absolute Gasteiger partial charge is 0.0896 e. The number of ether oxygens (including phenoxy) is 2. The molecule has 0 radical (unpaired) electrons. The molecular formula is C25H44O3. The maximum atomic E-state index is 10.1. The van der Waals surface area contributed by atoms with E-state index in [2.05, 4.69) is 0 Å². The Morgan fingerprint density at radius 1 is 0.679 bits per heavy atom. The van der Waals surface area contributed by atoms with Gasteiger partial charge in [0.05, 0.1) is 24.4 Å². The minimum atomic E-state index is 0.203. The Bertz CT molecular complexity index is 445. The van der Waals surface area contributed by atoms with Crippen LogP contribution in [-0.2, 0) is 9.47 Å². The molecule has 0 amide bonds. The molecule has 4 rings (SSSR count). The van der Waals surface area contributed by atoms with Crippen molar-refractivity contribution in [2.75, 3.05) is 6.61 Å². The molecule has 3 nitrogen and oxygen atoms in total. The summed E-state index contributed by atoms with van der Waals surface area (Å²) in [4.78, 5) is 0. The Hall–Kier alpha value is -0.120. The van der Waals surface area contributed by atoms with E-state index in [1.807, 2.05) is 0 Å². The van der Waals surface area contributed by atoms with Crippen LogP contribution in [0.15, 0.2) is 0 Å². The molecule has 4 saturated carbocycles. The molecule has 0 saturated heterocycles. The van der Waals surface area contributed by atoms with Gasteiger partial charge in [0.1, 0.15) is 0 Å². The number of hydrogen-bond acceptors (Lipinski definition) is 3. The highest BCUT2D eigenvalue weighted by Crippen LogP contribution is 2.51. The zero-order chi connectivity index (χ0) is 19.2. The van der Waals surface area contributed by atoms with Crippen molar-refractivity contribution in [2.45, 2.75) is 140 Å². The Balaban J connectivity index is 1.55. The van der Waals surface area contributed by atoms with Crippen LogP contribution < -0.4 is 0 Å². The lowest BCUT2D eigenvalue weighted by molar-refractivity contribution is -0.210. The van der Waals surface area contributed by atoms with Gasteiger partial charge in [-0.2, -0.15) is 0 Å². The molecule has 0 bridgehead atoms. The van der Waals surface area contributed by atoms with Crippen molar-refractivity contribution in [3.05, 3.63) is 0 Å². The molecule has 28 heavy (non-hydrogen) atoms. The van der Waals surface area contributed by atoms with Crippen molar-refractivity contribution in [2.24, 2.45) is 11.3 Å². The highest BCUT2D eigenvalue weighted by molar-refractivity contribution is 5.00. The average molecular weight is 393 g/mol. The third-order valence-electron chi connectivity index (χ3n) is 8.37. The van der Waals surface area contributed by atoms with Gasteiger partial charge in [0.2, 0.25) is 0 Å². The minimum Gasteiger partial charge on any atom is -0.396 e.